The molecule has 2 N–H and O–H groups in total. The van der Waals surface area contributed by atoms with Crippen molar-refractivity contribution in [2.45, 2.75) is 63.9 Å². The van der Waals surface area contributed by atoms with Crippen LogP contribution < -0.4 is 20.3 Å². The van der Waals surface area contributed by atoms with Crippen LogP contribution in [0.3, 0.4) is 0 Å². The molecule has 2 amide bonds. The van der Waals surface area contributed by atoms with Gasteiger partial charge in [0, 0.05) is 22.6 Å². The Balaban J connectivity index is 1.14. The highest BCUT2D eigenvalue weighted by atomic mass is 16.8. The lowest BCUT2D eigenvalue weighted by molar-refractivity contribution is -0.271. The van der Waals surface area contributed by atoms with Gasteiger partial charge >= 0.3 is 0 Å². The van der Waals surface area contributed by atoms with E-state index in [1.165, 1.54) is 0 Å². The highest BCUT2D eigenvalue weighted by molar-refractivity contribution is 5.96. The number of carbonyl (C=O) groups excluding carboxylic acids is 2. The molecule has 0 spiro atoms. The second-order valence-electron chi connectivity index (χ2n) is 9.41. The first-order valence-corrected chi connectivity index (χ1v) is 13.1. The fourth-order valence-electron chi connectivity index (χ4n) is 4.48. The maximum Gasteiger partial charge on any atom is 0.271 e. The number of nitrogens with zero attached hydrogens (tertiary/aromatic N) is 2. The lowest BCUT2D eigenvalue weighted by atomic mass is 10.2. The smallest absolute Gasteiger partial charge is 0.271 e. The van der Waals surface area contributed by atoms with Gasteiger partial charge in [-0.25, -0.2) is 10.9 Å². The van der Waals surface area contributed by atoms with Crippen LogP contribution in [0, 0.1) is 0 Å². The summed E-state index contributed by atoms with van der Waals surface area (Å²) in [6.45, 7) is 0.708. The Kier molecular flexibility index (Phi) is 8.62. The van der Waals surface area contributed by atoms with Crippen LogP contribution >= 0.6 is 0 Å². The SMILES string of the molecule is O=C(NN=C1CCCC1)c1ccc(O[C@H]2OCCO[C@H]2Oc2ccc(C(=O)NN=C3CCCC3)cc2)cc1. The lowest BCUT2D eigenvalue weighted by Gasteiger charge is -2.31. The summed E-state index contributed by atoms with van der Waals surface area (Å²) in [5.41, 5.74) is 8.26. The lowest BCUT2D eigenvalue weighted by Crippen LogP contribution is -2.45. The molecule has 3 aliphatic rings. The van der Waals surface area contributed by atoms with Crippen LogP contribution in [-0.4, -0.2) is 49.0 Å². The number of nitrogens with one attached hydrogen (secondary N) is 2. The molecule has 0 bridgehead atoms. The van der Waals surface area contributed by atoms with E-state index in [1.54, 1.807) is 48.5 Å². The summed E-state index contributed by atoms with van der Waals surface area (Å²) in [7, 11) is 0. The van der Waals surface area contributed by atoms with E-state index in [0.717, 1.165) is 62.8 Å². The van der Waals surface area contributed by atoms with E-state index in [9.17, 15) is 9.59 Å². The van der Waals surface area contributed by atoms with Gasteiger partial charge in [-0.2, -0.15) is 10.2 Å². The summed E-state index contributed by atoms with van der Waals surface area (Å²) in [6, 6.07) is 13.4. The molecule has 2 atom stereocenters. The van der Waals surface area contributed by atoms with Crippen LogP contribution in [0.5, 0.6) is 11.5 Å². The van der Waals surface area contributed by atoms with E-state index in [1.807, 2.05) is 0 Å². The predicted octanol–water partition coefficient (Wildman–Crippen LogP) is 4.16. The van der Waals surface area contributed by atoms with E-state index in [2.05, 4.69) is 21.1 Å². The molecular formula is C28H32N4O6. The molecule has 200 valence electrons. The van der Waals surface area contributed by atoms with Crippen molar-refractivity contribution in [3.63, 3.8) is 0 Å². The minimum Gasteiger partial charge on any atom is -0.458 e. The molecule has 2 saturated carbocycles. The van der Waals surface area contributed by atoms with Gasteiger partial charge in [0.25, 0.3) is 24.4 Å². The first-order valence-electron chi connectivity index (χ1n) is 13.1. The number of amides is 2. The number of hydrazone groups is 2. The molecule has 1 aliphatic heterocycles. The third-order valence-corrected chi connectivity index (χ3v) is 6.60. The monoisotopic (exact) mass is 520 g/mol. The molecule has 0 radical (unpaired) electrons. The average molecular weight is 521 g/mol. The van der Waals surface area contributed by atoms with Crippen LogP contribution in [0.2, 0.25) is 0 Å². The van der Waals surface area contributed by atoms with Gasteiger partial charge in [-0.1, -0.05) is 0 Å². The van der Waals surface area contributed by atoms with Gasteiger partial charge in [0.2, 0.25) is 0 Å². The van der Waals surface area contributed by atoms with E-state index in [-0.39, 0.29) is 11.8 Å². The maximum atomic E-state index is 12.4. The molecule has 2 aliphatic carbocycles. The minimum atomic E-state index is -0.817. The normalized spacial score (nSPS) is 21.1. The summed E-state index contributed by atoms with van der Waals surface area (Å²) in [5, 5.41) is 8.42. The third-order valence-electron chi connectivity index (χ3n) is 6.60. The van der Waals surface area contributed by atoms with Crippen LogP contribution in [-0.2, 0) is 9.47 Å². The van der Waals surface area contributed by atoms with E-state index < -0.39 is 12.6 Å². The van der Waals surface area contributed by atoms with E-state index in [4.69, 9.17) is 18.9 Å². The Labute approximate surface area is 221 Å². The van der Waals surface area contributed by atoms with Crippen LogP contribution in [0.4, 0.5) is 0 Å². The number of hydrogen-bond acceptors (Lipinski definition) is 8. The summed E-state index contributed by atoms with van der Waals surface area (Å²) < 4.78 is 23.4. The van der Waals surface area contributed by atoms with Crippen molar-refractivity contribution in [2.75, 3.05) is 13.2 Å². The topological polar surface area (TPSA) is 120 Å². The zero-order valence-corrected chi connectivity index (χ0v) is 21.2. The first-order chi connectivity index (χ1) is 18.6. The zero-order chi connectivity index (χ0) is 26.2. The molecule has 2 aromatic rings. The molecule has 10 heteroatoms. The number of ether oxygens (including phenoxy) is 4. The van der Waals surface area contributed by atoms with Gasteiger partial charge < -0.3 is 18.9 Å². The molecule has 1 saturated heterocycles. The molecule has 10 nitrogen and oxygen atoms in total. The van der Waals surface area contributed by atoms with Crippen LogP contribution in [0.15, 0.2) is 58.7 Å². The molecule has 0 unspecified atom stereocenters. The Morgan fingerprint density at radius 3 is 1.37 bits per heavy atom. The van der Waals surface area contributed by atoms with Crippen LogP contribution in [0.1, 0.15) is 72.1 Å². The average Bonchev–Trinajstić information content (AvgIpc) is 3.67. The van der Waals surface area contributed by atoms with Crippen molar-refractivity contribution in [2.24, 2.45) is 10.2 Å². The number of hydrogen-bond donors (Lipinski definition) is 2. The zero-order valence-electron chi connectivity index (χ0n) is 21.2. The fourth-order valence-corrected chi connectivity index (χ4v) is 4.48. The minimum absolute atomic E-state index is 0.266. The Hall–Kier alpha value is -3.76. The van der Waals surface area contributed by atoms with Gasteiger partial charge in [-0.3, -0.25) is 9.59 Å². The summed E-state index contributed by atoms with van der Waals surface area (Å²) >= 11 is 0. The molecule has 2 aromatic carbocycles. The van der Waals surface area contributed by atoms with Crippen LogP contribution in [0.25, 0.3) is 0 Å². The summed E-state index contributed by atoms with van der Waals surface area (Å²) in [6.07, 6.45) is 6.61. The van der Waals surface area contributed by atoms with Crippen molar-refractivity contribution < 1.29 is 28.5 Å². The Morgan fingerprint density at radius 1 is 0.632 bits per heavy atom. The quantitative estimate of drug-likeness (QED) is 0.505. The van der Waals surface area contributed by atoms with E-state index >= 15 is 0 Å². The highest BCUT2D eigenvalue weighted by Gasteiger charge is 2.31. The van der Waals surface area contributed by atoms with Gasteiger partial charge in [0.05, 0.1) is 13.2 Å². The molecule has 0 aromatic heterocycles. The molecule has 3 fully saturated rings. The summed E-state index contributed by atoms with van der Waals surface area (Å²) in [5.74, 6) is 0.474. The molecule has 5 rings (SSSR count). The summed E-state index contributed by atoms with van der Waals surface area (Å²) in [4.78, 5) is 24.7. The van der Waals surface area contributed by atoms with E-state index in [0.29, 0.717) is 35.8 Å². The van der Waals surface area contributed by atoms with Crippen molar-refractivity contribution in [1.29, 1.82) is 0 Å². The third kappa shape index (κ3) is 6.96. The maximum absolute atomic E-state index is 12.4. The number of carbonyl (C=O) groups is 2. The first kappa shape index (κ1) is 25.9. The van der Waals surface area contributed by atoms with Gasteiger partial charge in [0.15, 0.2) is 0 Å². The van der Waals surface area contributed by atoms with Crippen molar-refractivity contribution in [1.82, 2.24) is 10.9 Å². The Morgan fingerprint density at radius 2 is 1.00 bits per heavy atom. The largest absolute Gasteiger partial charge is 0.458 e. The molecular weight excluding hydrogens is 488 g/mol. The highest BCUT2D eigenvalue weighted by Crippen LogP contribution is 2.23. The van der Waals surface area contributed by atoms with Crippen molar-refractivity contribution in [3.05, 3.63) is 59.7 Å². The molecule has 1 heterocycles. The van der Waals surface area contributed by atoms with Gasteiger partial charge in [-0.05, 0) is 99.9 Å². The van der Waals surface area contributed by atoms with Crippen molar-refractivity contribution >= 4 is 23.2 Å². The number of benzene rings is 2. The second kappa shape index (κ2) is 12.7. The predicted molar refractivity (Wildman–Crippen MR) is 140 cm³/mol. The van der Waals surface area contributed by atoms with Gasteiger partial charge in [0.1, 0.15) is 11.5 Å². The molecule has 38 heavy (non-hydrogen) atoms. The number of rotatable bonds is 8. The van der Waals surface area contributed by atoms with Crippen molar-refractivity contribution in [3.8, 4) is 11.5 Å². The second-order valence-corrected chi connectivity index (χ2v) is 9.41. The standard InChI is InChI=1S/C28H32N4O6/c33-25(31-29-21-5-1-2-6-21)19-9-13-23(14-10-19)37-27-28(36-18-17-35-27)38-24-15-11-20(12-16-24)26(34)32-30-22-7-3-4-8-22/h9-16,27-28H,1-8,17-18H2,(H,31,33)(H,32,34)/t27-,28+. The Bertz CT molecular complexity index is 1070. The van der Waals surface area contributed by atoms with Gasteiger partial charge in [-0.15, -0.1) is 0 Å². The fraction of sp³-hybridized carbons (Fsp3) is 0.429.